The molecular formula is C14H19Cl3N6O4. The number of hydrazine groups is 1. The van der Waals surface area contributed by atoms with Gasteiger partial charge in [-0.15, -0.1) is 0 Å². The van der Waals surface area contributed by atoms with Gasteiger partial charge in [0.2, 0.25) is 10.6 Å². The summed E-state index contributed by atoms with van der Waals surface area (Å²) < 4.78 is 8.83. The number of nitrogens with zero attached hydrogens (tertiary/aromatic N) is 4. The summed E-state index contributed by atoms with van der Waals surface area (Å²) in [6, 6.07) is 2.61. The molecule has 0 fully saturated rings. The van der Waals surface area contributed by atoms with Crippen molar-refractivity contribution in [1.82, 2.24) is 19.9 Å². The van der Waals surface area contributed by atoms with Gasteiger partial charge in [-0.3, -0.25) is 0 Å². The highest BCUT2D eigenvalue weighted by molar-refractivity contribution is 6.32. The molecule has 2 aromatic rings. The second kappa shape index (κ2) is 13.0. The summed E-state index contributed by atoms with van der Waals surface area (Å²) in [5, 5.41) is -0.0471. The predicted molar refractivity (Wildman–Crippen MR) is 103 cm³/mol. The molecule has 0 aliphatic heterocycles. The highest BCUT2D eigenvalue weighted by Gasteiger charge is 2.10. The second-order valence-electron chi connectivity index (χ2n) is 3.88. The largest absolute Gasteiger partial charge is 0.464 e. The molecule has 2 heterocycles. The van der Waals surface area contributed by atoms with Crippen LogP contribution < -0.4 is 11.3 Å². The Kier molecular flexibility index (Phi) is 13.0. The van der Waals surface area contributed by atoms with E-state index in [1.54, 1.807) is 0 Å². The Bertz CT molecular complexity index is 758. The van der Waals surface area contributed by atoms with Crippen molar-refractivity contribution in [1.29, 1.82) is 0 Å². The maximum Gasteiger partial charge on any atom is 0.356 e. The van der Waals surface area contributed by atoms with E-state index in [1.165, 1.54) is 26.4 Å². The van der Waals surface area contributed by atoms with E-state index in [1.807, 2.05) is 0 Å². The molecule has 0 amide bonds. The number of nitrogens with one attached hydrogen (secondary N) is 1. The maximum atomic E-state index is 11.0. The van der Waals surface area contributed by atoms with Crippen LogP contribution in [0.5, 0.6) is 0 Å². The summed E-state index contributed by atoms with van der Waals surface area (Å²) in [4.78, 5) is 36.4. The number of nitrogen functional groups attached to an aromatic ring is 1. The second-order valence-corrected chi connectivity index (χ2v) is 4.94. The van der Waals surface area contributed by atoms with Gasteiger partial charge in [0.15, 0.2) is 11.4 Å². The molecule has 150 valence electrons. The number of carbonyl (C=O) groups is 2. The van der Waals surface area contributed by atoms with E-state index in [2.05, 4.69) is 34.8 Å². The van der Waals surface area contributed by atoms with Gasteiger partial charge >= 0.3 is 11.9 Å². The topological polar surface area (TPSA) is 142 Å². The van der Waals surface area contributed by atoms with Crippen LogP contribution in [0.3, 0.4) is 0 Å². The lowest BCUT2D eigenvalue weighted by Gasteiger charge is -2.01. The number of hydrogen-bond donors (Lipinski definition) is 2. The van der Waals surface area contributed by atoms with Crippen LogP contribution in [0.4, 0.5) is 5.82 Å². The molecule has 0 radical (unpaired) electrons. The van der Waals surface area contributed by atoms with Gasteiger partial charge in [0.05, 0.1) is 14.2 Å². The number of carbonyl (C=O) groups excluding carboxylic acids is 2. The summed E-state index contributed by atoms with van der Waals surface area (Å²) in [5.74, 6) is 4.14. The van der Waals surface area contributed by atoms with Crippen molar-refractivity contribution >= 4 is 52.6 Å². The predicted octanol–water partition coefficient (Wildman–Crippen LogP) is 3.04. The quantitative estimate of drug-likeness (QED) is 0.240. The first kappa shape index (κ1) is 27.0. The van der Waals surface area contributed by atoms with E-state index in [4.69, 9.17) is 40.6 Å². The monoisotopic (exact) mass is 440 g/mol. The third kappa shape index (κ3) is 8.78. The highest BCUT2D eigenvalue weighted by atomic mass is 35.5. The summed E-state index contributed by atoms with van der Waals surface area (Å²) in [7, 11) is 2.49. The first-order chi connectivity index (χ1) is 11.8. The van der Waals surface area contributed by atoms with Crippen molar-refractivity contribution in [2.24, 2.45) is 5.84 Å². The van der Waals surface area contributed by atoms with Crippen LogP contribution in [-0.2, 0) is 9.47 Å². The molecule has 0 bridgehead atoms. The van der Waals surface area contributed by atoms with Crippen LogP contribution in [0.1, 0.15) is 35.8 Å². The first-order valence-corrected chi connectivity index (χ1v) is 7.32. The number of esters is 2. The van der Waals surface area contributed by atoms with Crippen LogP contribution in [0.25, 0.3) is 0 Å². The van der Waals surface area contributed by atoms with Crippen LogP contribution in [-0.4, -0.2) is 46.1 Å². The van der Waals surface area contributed by atoms with Gasteiger partial charge in [0, 0.05) is 12.1 Å². The number of rotatable bonds is 3. The zero-order valence-electron chi connectivity index (χ0n) is 12.8. The fourth-order valence-corrected chi connectivity index (χ4v) is 1.89. The number of aromatic nitrogens is 4. The minimum atomic E-state index is -0.596. The summed E-state index contributed by atoms with van der Waals surface area (Å²) in [6.45, 7) is 0. The first-order valence-electron chi connectivity index (χ1n) is 6.18. The Morgan fingerprint density at radius 2 is 1.33 bits per heavy atom. The molecule has 0 atom stereocenters. The molecule has 10 nitrogen and oxygen atoms in total. The maximum absolute atomic E-state index is 11.0. The lowest BCUT2D eigenvalue weighted by Crippen LogP contribution is -2.12. The SMILES string of the molecule is C.C.COC(=O)c1cc(Cl)nc(Cl)n1.COC(=O)c1cc(NN)nc(Cl)n1. The molecule has 13 heteroatoms. The lowest BCUT2D eigenvalue weighted by atomic mass is 10.4. The van der Waals surface area contributed by atoms with E-state index < -0.39 is 11.9 Å². The van der Waals surface area contributed by atoms with Crippen molar-refractivity contribution in [2.45, 2.75) is 14.9 Å². The number of methoxy groups -OCH3 is 2. The van der Waals surface area contributed by atoms with Gasteiger partial charge in [-0.1, -0.05) is 26.5 Å². The highest BCUT2D eigenvalue weighted by Crippen LogP contribution is 2.11. The van der Waals surface area contributed by atoms with Crippen LogP contribution >= 0.6 is 34.8 Å². The van der Waals surface area contributed by atoms with E-state index in [0.29, 0.717) is 0 Å². The molecule has 2 aromatic heterocycles. The average molecular weight is 442 g/mol. The number of anilines is 1. The molecule has 0 unspecified atom stereocenters. The minimum Gasteiger partial charge on any atom is -0.464 e. The van der Waals surface area contributed by atoms with Gasteiger partial charge in [-0.05, 0) is 23.2 Å². The molecule has 3 N–H and O–H groups in total. The number of ether oxygens (including phenoxy) is 2. The van der Waals surface area contributed by atoms with Crippen molar-refractivity contribution in [3.8, 4) is 0 Å². The van der Waals surface area contributed by atoms with E-state index in [9.17, 15) is 9.59 Å². The Balaban J connectivity index is 0. The molecule has 27 heavy (non-hydrogen) atoms. The molecule has 0 spiro atoms. The third-order valence-electron chi connectivity index (χ3n) is 2.30. The molecular weight excluding hydrogens is 423 g/mol. The average Bonchev–Trinajstić information content (AvgIpc) is 2.59. The lowest BCUT2D eigenvalue weighted by molar-refractivity contribution is 0.0585. The molecule has 0 aliphatic rings. The van der Waals surface area contributed by atoms with Gasteiger partial charge in [-0.25, -0.2) is 30.4 Å². The van der Waals surface area contributed by atoms with Crippen molar-refractivity contribution < 1.29 is 19.1 Å². The normalized spacial score (nSPS) is 8.81. The summed E-state index contributed by atoms with van der Waals surface area (Å²) in [5.41, 5.74) is 2.34. The van der Waals surface area contributed by atoms with Crippen LogP contribution in [0.15, 0.2) is 12.1 Å². The van der Waals surface area contributed by atoms with Crippen LogP contribution in [0.2, 0.25) is 15.7 Å². The minimum absolute atomic E-state index is 0. The van der Waals surface area contributed by atoms with Crippen LogP contribution in [0, 0.1) is 0 Å². The van der Waals surface area contributed by atoms with E-state index in [-0.39, 0.29) is 47.8 Å². The Labute approximate surface area is 171 Å². The Morgan fingerprint density at radius 1 is 0.889 bits per heavy atom. The van der Waals surface area contributed by atoms with Crippen molar-refractivity contribution in [2.75, 3.05) is 19.6 Å². The van der Waals surface area contributed by atoms with Crippen molar-refractivity contribution in [3.05, 3.63) is 39.2 Å². The standard InChI is InChI=1S/C6H4Cl2N2O2.C6H7ClN4O2.2CH4/c1-12-5(11)3-2-4(7)10-6(8)9-3;1-13-5(12)3-2-4(11-8)10-6(7)9-3;;/h2H,1H3;2H,8H2,1H3,(H,9,10,11);2*1H4. The molecule has 0 saturated heterocycles. The summed E-state index contributed by atoms with van der Waals surface area (Å²) in [6.07, 6.45) is 0. The molecule has 0 saturated carbocycles. The summed E-state index contributed by atoms with van der Waals surface area (Å²) >= 11 is 16.4. The van der Waals surface area contributed by atoms with E-state index >= 15 is 0 Å². The molecule has 2 rings (SSSR count). The Morgan fingerprint density at radius 3 is 1.74 bits per heavy atom. The van der Waals surface area contributed by atoms with Crippen molar-refractivity contribution in [3.63, 3.8) is 0 Å². The fourth-order valence-electron chi connectivity index (χ4n) is 1.30. The van der Waals surface area contributed by atoms with Gasteiger partial charge in [0.1, 0.15) is 11.0 Å². The van der Waals surface area contributed by atoms with Gasteiger partial charge < -0.3 is 14.9 Å². The van der Waals surface area contributed by atoms with E-state index in [0.717, 1.165) is 0 Å². The zero-order valence-corrected chi connectivity index (χ0v) is 15.1. The zero-order chi connectivity index (χ0) is 19.0. The molecule has 0 aromatic carbocycles. The fraction of sp³-hybridized carbons (Fsp3) is 0.286. The molecule has 0 aliphatic carbocycles. The van der Waals surface area contributed by atoms with Gasteiger partial charge in [0.25, 0.3) is 0 Å². The number of hydrogen-bond acceptors (Lipinski definition) is 10. The smallest absolute Gasteiger partial charge is 0.356 e. The number of halogens is 3. The Hall–Kier alpha value is -2.27. The third-order valence-corrected chi connectivity index (χ3v) is 2.84. The van der Waals surface area contributed by atoms with Gasteiger partial charge in [-0.2, -0.15) is 4.98 Å². The number of nitrogens with two attached hydrogens (primary N) is 1.